The molecule has 2 N–H and O–H groups in total. The number of sulfonamides is 1. The Morgan fingerprint density at radius 3 is 2.80 bits per heavy atom. The van der Waals surface area contributed by atoms with Crippen molar-refractivity contribution in [1.29, 1.82) is 0 Å². The molecule has 0 atom stereocenters. The summed E-state index contributed by atoms with van der Waals surface area (Å²) >= 11 is 0. The molecule has 1 rings (SSSR count). The van der Waals surface area contributed by atoms with Crippen LogP contribution in [0.1, 0.15) is 17.3 Å². The molecule has 1 aromatic rings. The molecule has 0 radical (unpaired) electrons. The lowest BCUT2D eigenvalue weighted by molar-refractivity contribution is 0.0698. The number of nitrogens with one attached hydrogen (secondary N) is 1. The number of hydrogen-bond acceptors (Lipinski definition) is 4. The molecular formula is C8H10N2O4S. The van der Waals surface area contributed by atoms with Crippen LogP contribution < -0.4 is 4.72 Å². The lowest BCUT2D eigenvalue weighted by Crippen LogP contribution is -2.17. The van der Waals surface area contributed by atoms with Gasteiger partial charge in [-0.2, -0.15) is 0 Å². The van der Waals surface area contributed by atoms with E-state index in [1.807, 2.05) is 0 Å². The first-order valence-corrected chi connectivity index (χ1v) is 5.79. The Kier molecular flexibility index (Phi) is 3.25. The van der Waals surface area contributed by atoms with E-state index in [0.717, 1.165) is 6.20 Å². The number of carboxylic acid groups (broad SMARTS) is 1. The van der Waals surface area contributed by atoms with E-state index < -0.39 is 16.0 Å². The SMILES string of the molecule is CCS(=O)(=O)Nc1cnccc1C(=O)O. The van der Waals surface area contributed by atoms with Gasteiger partial charge in [0, 0.05) is 6.20 Å². The lowest BCUT2D eigenvalue weighted by Gasteiger charge is -2.07. The maximum absolute atomic E-state index is 11.2. The van der Waals surface area contributed by atoms with E-state index in [1.54, 1.807) is 0 Å². The zero-order valence-electron chi connectivity index (χ0n) is 7.97. The van der Waals surface area contributed by atoms with Crippen LogP contribution >= 0.6 is 0 Å². The molecular weight excluding hydrogens is 220 g/mol. The Hall–Kier alpha value is -1.63. The van der Waals surface area contributed by atoms with Crippen molar-refractivity contribution in [2.75, 3.05) is 10.5 Å². The average Bonchev–Trinajstić information content (AvgIpc) is 2.18. The normalized spacial score (nSPS) is 11.0. The molecule has 6 nitrogen and oxygen atoms in total. The first-order chi connectivity index (χ1) is 6.96. The third-order valence-corrected chi connectivity index (χ3v) is 2.99. The largest absolute Gasteiger partial charge is 0.478 e. The van der Waals surface area contributed by atoms with Gasteiger partial charge < -0.3 is 5.11 Å². The van der Waals surface area contributed by atoms with Crippen LogP contribution in [0.3, 0.4) is 0 Å². The Morgan fingerprint density at radius 2 is 2.27 bits per heavy atom. The number of aromatic nitrogens is 1. The van der Waals surface area contributed by atoms with Gasteiger partial charge in [-0.05, 0) is 13.0 Å². The van der Waals surface area contributed by atoms with Crippen LogP contribution in [0.15, 0.2) is 18.5 Å². The van der Waals surface area contributed by atoms with Crippen molar-refractivity contribution >= 4 is 21.7 Å². The number of carboxylic acids is 1. The zero-order chi connectivity index (χ0) is 11.5. The molecule has 0 bridgehead atoms. The lowest BCUT2D eigenvalue weighted by atomic mass is 10.2. The standard InChI is InChI=1S/C8H10N2O4S/c1-2-15(13,14)10-7-5-9-4-3-6(7)8(11)12/h3-5,10H,2H2,1H3,(H,11,12). The fraction of sp³-hybridized carbons (Fsp3) is 0.250. The van der Waals surface area contributed by atoms with Gasteiger partial charge in [-0.15, -0.1) is 0 Å². The first-order valence-electron chi connectivity index (χ1n) is 4.14. The maximum atomic E-state index is 11.2. The van der Waals surface area contributed by atoms with Crippen LogP contribution in [-0.2, 0) is 10.0 Å². The third-order valence-electron chi connectivity index (χ3n) is 1.70. The molecule has 0 aliphatic rings. The molecule has 0 aliphatic heterocycles. The number of pyridine rings is 1. The summed E-state index contributed by atoms with van der Waals surface area (Å²) in [5, 5.41) is 8.77. The van der Waals surface area contributed by atoms with Crippen molar-refractivity contribution in [1.82, 2.24) is 4.98 Å². The number of nitrogens with zero attached hydrogens (tertiary/aromatic N) is 1. The minimum atomic E-state index is -3.48. The van der Waals surface area contributed by atoms with Crippen LogP contribution in [0.5, 0.6) is 0 Å². The minimum Gasteiger partial charge on any atom is -0.478 e. The molecule has 0 fully saturated rings. The van der Waals surface area contributed by atoms with Gasteiger partial charge in [-0.1, -0.05) is 0 Å². The van der Waals surface area contributed by atoms with Gasteiger partial charge in [0.25, 0.3) is 0 Å². The Bertz CT molecular complexity index is 469. The smallest absolute Gasteiger partial charge is 0.337 e. The van der Waals surface area contributed by atoms with E-state index in [-0.39, 0.29) is 17.0 Å². The average molecular weight is 230 g/mol. The summed E-state index contributed by atoms with van der Waals surface area (Å²) in [6.45, 7) is 1.46. The minimum absolute atomic E-state index is 0.0214. The Morgan fingerprint density at radius 1 is 1.60 bits per heavy atom. The van der Waals surface area contributed by atoms with Gasteiger partial charge in [0.05, 0.1) is 23.2 Å². The highest BCUT2D eigenvalue weighted by Gasteiger charge is 2.14. The second kappa shape index (κ2) is 4.26. The molecule has 1 aromatic heterocycles. The maximum Gasteiger partial charge on any atom is 0.337 e. The number of aromatic carboxylic acids is 1. The topological polar surface area (TPSA) is 96.4 Å². The predicted octanol–water partition coefficient (Wildman–Crippen LogP) is 0.541. The van der Waals surface area contributed by atoms with Crippen molar-refractivity contribution in [2.24, 2.45) is 0 Å². The molecule has 0 saturated heterocycles. The van der Waals surface area contributed by atoms with E-state index in [0.29, 0.717) is 0 Å². The fourth-order valence-corrected chi connectivity index (χ4v) is 1.54. The van der Waals surface area contributed by atoms with Gasteiger partial charge in [-0.3, -0.25) is 9.71 Å². The highest BCUT2D eigenvalue weighted by atomic mass is 32.2. The van der Waals surface area contributed by atoms with Crippen LogP contribution in [0.25, 0.3) is 0 Å². The summed E-state index contributed by atoms with van der Waals surface area (Å²) in [4.78, 5) is 14.4. The van der Waals surface area contributed by atoms with E-state index >= 15 is 0 Å². The van der Waals surface area contributed by atoms with Crippen molar-refractivity contribution in [3.05, 3.63) is 24.0 Å². The first kappa shape index (κ1) is 11.4. The number of hydrogen-bond donors (Lipinski definition) is 2. The predicted molar refractivity (Wildman–Crippen MR) is 54.3 cm³/mol. The molecule has 0 aliphatic carbocycles. The molecule has 0 saturated carbocycles. The quantitative estimate of drug-likeness (QED) is 0.787. The van der Waals surface area contributed by atoms with Crippen LogP contribution in [0.4, 0.5) is 5.69 Å². The van der Waals surface area contributed by atoms with Crippen molar-refractivity contribution < 1.29 is 18.3 Å². The highest BCUT2D eigenvalue weighted by molar-refractivity contribution is 7.92. The number of rotatable bonds is 4. The van der Waals surface area contributed by atoms with Crippen LogP contribution in [0, 0.1) is 0 Å². The number of carbonyl (C=O) groups is 1. The molecule has 1 heterocycles. The molecule has 0 unspecified atom stereocenters. The van der Waals surface area contributed by atoms with Crippen molar-refractivity contribution in [3.63, 3.8) is 0 Å². The van der Waals surface area contributed by atoms with E-state index in [2.05, 4.69) is 9.71 Å². The Balaban J connectivity index is 3.10. The zero-order valence-corrected chi connectivity index (χ0v) is 8.78. The second-order valence-electron chi connectivity index (χ2n) is 2.73. The monoisotopic (exact) mass is 230 g/mol. The molecule has 7 heteroatoms. The summed E-state index contributed by atoms with van der Waals surface area (Å²) in [5.41, 5.74) is -0.145. The molecule has 0 aromatic carbocycles. The van der Waals surface area contributed by atoms with Crippen LogP contribution in [0.2, 0.25) is 0 Å². The van der Waals surface area contributed by atoms with Gasteiger partial charge in [-0.25, -0.2) is 13.2 Å². The fourth-order valence-electron chi connectivity index (χ4n) is 0.902. The summed E-state index contributed by atoms with van der Waals surface area (Å²) in [5.74, 6) is -1.33. The second-order valence-corrected chi connectivity index (χ2v) is 4.74. The van der Waals surface area contributed by atoms with Gasteiger partial charge >= 0.3 is 5.97 Å². The highest BCUT2D eigenvalue weighted by Crippen LogP contribution is 2.14. The number of anilines is 1. The summed E-state index contributed by atoms with van der Waals surface area (Å²) in [7, 11) is -3.48. The van der Waals surface area contributed by atoms with Gasteiger partial charge in [0.1, 0.15) is 0 Å². The van der Waals surface area contributed by atoms with E-state index in [4.69, 9.17) is 5.11 Å². The van der Waals surface area contributed by atoms with E-state index in [1.165, 1.54) is 19.2 Å². The summed E-state index contributed by atoms with van der Waals surface area (Å²) in [6.07, 6.45) is 2.45. The van der Waals surface area contributed by atoms with Gasteiger partial charge in [0.2, 0.25) is 10.0 Å². The molecule has 0 spiro atoms. The van der Waals surface area contributed by atoms with Gasteiger partial charge in [0.15, 0.2) is 0 Å². The molecule has 82 valence electrons. The molecule has 15 heavy (non-hydrogen) atoms. The molecule has 0 amide bonds. The van der Waals surface area contributed by atoms with Crippen LogP contribution in [-0.4, -0.2) is 30.2 Å². The Labute approximate surface area is 87.0 Å². The summed E-state index contributed by atoms with van der Waals surface area (Å²) < 4.78 is 24.6. The van der Waals surface area contributed by atoms with Crippen molar-refractivity contribution in [3.8, 4) is 0 Å². The third kappa shape index (κ3) is 2.91. The van der Waals surface area contributed by atoms with Crippen molar-refractivity contribution in [2.45, 2.75) is 6.92 Å². The van der Waals surface area contributed by atoms with E-state index in [9.17, 15) is 13.2 Å². The summed E-state index contributed by atoms with van der Waals surface area (Å²) in [6, 6.07) is 1.23.